The molecule has 3 rings (SSSR count). The summed E-state index contributed by atoms with van der Waals surface area (Å²) in [6.45, 7) is 4.05. The van der Waals surface area contributed by atoms with Gasteiger partial charge in [-0.05, 0) is 68.3 Å². The fourth-order valence-corrected chi connectivity index (χ4v) is 4.25. The molecule has 31 heavy (non-hydrogen) atoms. The second kappa shape index (κ2) is 10.6. The smallest absolute Gasteiger partial charge is 0.322 e. The first kappa shape index (κ1) is 22.4. The largest absolute Gasteiger partial charge is 0.361 e. The van der Waals surface area contributed by atoms with Gasteiger partial charge < -0.3 is 14.4 Å². The van der Waals surface area contributed by atoms with E-state index in [1.54, 1.807) is 80.8 Å². The molecule has 0 bridgehead atoms. The Labute approximate surface area is 182 Å². The van der Waals surface area contributed by atoms with E-state index in [0.29, 0.717) is 27.9 Å². The fraction of sp³-hybridized carbons (Fsp3) is 0.174. The Bertz CT molecular complexity index is 1140. The van der Waals surface area contributed by atoms with Gasteiger partial charge in [0.05, 0.1) is 18.5 Å². The molecule has 0 aliphatic carbocycles. The number of rotatable bonds is 7. The highest BCUT2D eigenvalue weighted by Crippen LogP contribution is 2.46. The number of anilines is 1. The third-order valence-electron chi connectivity index (χ3n) is 4.05. The van der Waals surface area contributed by atoms with E-state index in [-0.39, 0.29) is 20.5 Å². The highest BCUT2D eigenvalue weighted by molar-refractivity contribution is 7.62. The second-order valence-electron chi connectivity index (χ2n) is 6.24. The van der Waals surface area contributed by atoms with Crippen LogP contribution in [0, 0.1) is 11.8 Å². The maximum Gasteiger partial charge on any atom is 0.361 e. The lowest BCUT2D eigenvalue weighted by molar-refractivity contribution is 0.102. The van der Waals surface area contributed by atoms with E-state index in [0.717, 1.165) is 0 Å². The molecule has 0 spiro atoms. The molecule has 160 valence electrons. The summed E-state index contributed by atoms with van der Waals surface area (Å²) >= 11 is 0. The molecule has 0 saturated heterocycles. The van der Waals surface area contributed by atoms with E-state index in [9.17, 15) is 9.36 Å². The Balaban J connectivity index is 0.00000363. The van der Waals surface area contributed by atoms with E-state index < -0.39 is 7.60 Å². The van der Waals surface area contributed by atoms with Crippen LogP contribution in [0.4, 0.5) is 5.69 Å². The molecule has 0 aliphatic rings. The predicted molar refractivity (Wildman–Crippen MR) is 121 cm³/mol. The van der Waals surface area contributed by atoms with Crippen LogP contribution in [0.1, 0.15) is 37.0 Å². The van der Waals surface area contributed by atoms with Gasteiger partial charge in [0.2, 0.25) is 5.82 Å². The van der Waals surface area contributed by atoms with Gasteiger partial charge >= 0.3 is 7.60 Å². The SMILES string of the molecule is CCOP(=O)(OCC)c1ccc(NC(=O)c2cccc(C#Cc3ncccn3)c2)cc1.[HH]. The van der Waals surface area contributed by atoms with Gasteiger partial charge in [0.15, 0.2) is 0 Å². The molecule has 7 nitrogen and oxygen atoms in total. The number of hydrogen-bond donors (Lipinski definition) is 1. The van der Waals surface area contributed by atoms with E-state index in [1.165, 1.54) is 0 Å². The molecule has 0 aliphatic heterocycles. The summed E-state index contributed by atoms with van der Waals surface area (Å²) in [5.74, 6) is 5.94. The van der Waals surface area contributed by atoms with Crippen LogP contribution in [0.3, 0.4) is 0 Å². The Hall–Kier alpha value is -3.30. The summed E-state index contributed by atoms with van der Waals surface area (Å²) in [7, 11) is -3.36. The zero-order chi connectivity index (χ0) is 22.1. The maximum atomic E-state index is 12.8. The highest BCUT2D eigenvalue weighted by Gasteiger charge is 2.26. The number of carbonyl (C=O) groups is 1. The lowest BCUT2D eigenvalue weighted by Gasteiger charge is -2.17. The van der Waals surface area contributed by atoms with Crippen molar-refractivity contribution in [3.8, 4) is 11.8 Å². The van der Waals surface area contributed by atoms with Crippen LogP contribution in [0.15, 0.2) is 67.0 Å². The Kier molecular flexibility index (Phi) is 7.69. The van der Waals surface area contributed by atoms with Crippen LogP contribution in [0.2, 0.25) is 0 Å². The highest BCUT2D eigenvalue weighted by atomic mass is 31.2. The van der Waals surface area contributed by atoms with Crippen LogP contribution >= 0.6 is 7.60 Å². The minimum atomic E-state index is -3.36. The lowest BCUT2D eigenvalue weighted by atomic mass is 10.1. The van der Waals surface area contributed by atoms with Crippen molar-refractivity contribution in [1.82, 2.24) is 9.97 Å². The monoisotopic (exact) mass is 437 g/mol. The van der Waals surface area contributed by atoms with Gasteiger partial charge in [0, 0.05) is 30.6 Å². The molecular weight excluding hydrogens is 413 g/mol. The third-order valence-corrected chi connectivity index (χ3v) is 6.18. The first-order chi connectivity index (χ1) is 15.0. The van der Waals surface area contributed by atoms with Crippen LogP contribution in [-0.4, -0.2) is 29.1 Å². The number of benzene rings is 2. The van der Waals surface area contributed by atoms with Crippen molar-refractivity contribution < 1.29 is 19.8 Å². The van der Waals surface area contributed by atoms with Crippen molar-refractivity contribution in [2.75, 3.05) is 18.5 Å². The van der Waals surface area contributed by atoms with Crippen molar-refractivity contribution in [2.45, 2.75) is 13.8 Å². The van der Waals surface area contributed by atoms with Crippen molar-refractivity contribution in [2.24, 2.45) is 0 Å². The van der Waals surface area contributed by atoms with E-state index in [2.05, 4.69) is 27.1 Å². The summed E-state index contributed by atoms with van der Waals surface area (Å²) in [6.07, 6.45) is 3.24. The third kappa shape index (κ3) is 6.09. The van der Waals surface area contributed by atoms with Crippen molar-refractivity contribution in [1.29, 1.82) is 0 Å². The van der Waals surface area contributed by atoms with Crippen LogP contribution in [-0.2, 0) is 13.6 Å². The Morgan fingerprint density at radius 3 is 2.32 bits per heavy atom. The van der Waals surface area contributed by atoms with Gasteiger partial charge in [-0.15, -0.1) is 0 Å². The molecule has 1 heterocycles. The number of nitrogens with zero attached hydrogens (tertiary/aromatic N) is 2. The molecule has 0 unspecified atom stereocenters. The zero-order valence-corrected chi connectivity index (χ0v) is 18.1. The van der Waals surface area contributed by atoms with Gasteiger partial charge in [0.1, 0.15) is 0 Å². The van der Waals surface area contributed by atoms with Crippen molar-refractivity contribution in [3.05, 3.63) is 83.9 Å². The number of hydrogen-bond acceptors (Lipinski definition) is 6. The van der Waals surface area contributed by atoms with Gasteiger partial charge in [-0.25, -0.2) is 9.97 Å². The lowest BCUT2D eigenvalue weighted by Crippen LogP contribution is -2.14. The summed E-state index contributed by atoms with van der Waals surface area (Å²) in [6, 6.07) is 15.3. The number of aromatic nitrogens is 2. The molecule has 8 heteroatoms. The molecule has 2 aromatic carbocycles. The minimum Gasteiger partial charge on any atom is -0.322 e. The van der Waals surface area contributed by atoms with Gasteiger partial charge in [-0.1, -0.05) is 12.0 Å². The first-order valence-corrected chi connectivity index (χ1v) is 11.3. The fourth-order valence-electron chi connectivity index (χ4n) is 2.69. The summed E-state index contributed by atoms with van der Waals surface area (Å²) in [5.41, 5.74) is 1.69. The van der Waals surface area contributed by atoms with Gasteiger partial charge in [0.25, 0.3) is 5.91 Å². The van der Waals surface area contributed by atoms with Crippen LogP contribution in [0.25, 0.3) is 0 Å². The molecule has 0 radical (unpaired) electrons. The average molecular weight is 437 g/mol. The molecule has 1 amide bonds. The van der Waals surface area contributed by atoms with E-state index in [1.807, 2.05) is 0 Å². The van der Waals surface area contributed by atoms with Crippen LogP contribution in [0.5, 0.6) is 0 Å². The maximum absolute atomic E-state index is 12.8. The van der Waals surface area contributed by atoms with Gasteiger partial charge in [-0.3, -0.25) is 9.36 Å². The molecule has 1 N–H and O–H groups in total. The average Bonchev–Trinajstić information content (AvgIpc) is 2.79. The molecule has 3 aromatic rings. The van der Waals surface area contributed by atoms with E-state index >= 15 is 0 Å². The molecule has 0 fully saturated rings. The summed E-state index contributed by atoms with van der Waals surface area (Å²) < 4.78 is 23.5. The molecule has 0 atom stereocenters. The van der Waals surface area contributed by atoms with Crippen molar-refractivity contribution >= 4 is 24.5 Å². The molecular formula is C23H24N3O4P. The summed E-state index contributed by atoms with van der Waals surface area (Å²) in [5, 5.41) is 3.26. The zero-order valence-electron chi connectivity index (χ0n) is 17.2. The standard InChI is InChI=1S/C23H22N3O4P.H2/c1-3-29-31(28,30-4-2)21-12-10-20(11-13-21)26-23(27)19-8-5-7-18(17-19)9-14-22-24-15-6-16-25-22;/h5-8,10-13,15-17H,3-4H2,1-2H3,(H,26,27);1H. The van der Waals surface area contributed by atoms with E-state index in [4.69, 9.17) is 9.05 Å². The number of carbonyl (C=O) groups excluding carboxylic acids is 1. The quantitative estimate of drug-likeness (QED) is 0.439. The molecule has 1 aromatic heterocycles. The van der Waals surface area contributed by atoms with Gasteiger partial charge in [-0.2, -0.15) is 0 Å². The minimum absolute atomic E-state index is 0. The Morgan fingerprint density at radius 1 is 1.00 bits per heavy atom. The topological polar surface area (TPSA) is 90.4 Å². The number of amides is 1. The first-order valence-electron chi connectivity index (χ1n) is 9.74. The number of nitrogens with one attached hydrogen (secondary N) is 1. The second-order valence-corrected chi connectivity index (χ2v) is 8.26. The summed E-state index contributed by atoms with van der Waals surface area (Å²) in [4.78, 5) is 20.7. The van der Waals surface area contributed by atoms with Crippen LogP contribution < -0.4 is 10.6 Å². The Morgan fingerprint density at radius 2 is 1.68 bits per heavy atom. The normalized spacial score (nSPS) is 10.8. The molecule has 0 saturated carbocycles. The predicted octanol–water partition coefficient (Wildman–Crippen LogP) is 4.27. The van der Waals surface area contributed by atoms with Crippen molar-refractivity contribution in [3.63, 3.8) is 0 Å².